The lowest BCUT2D eigenvalue weighted by Gasteiger charge is -2.20. The van der Waals surface area contributed by atoms with Gasteiger partial charge >= 0.3 is 6.18 Å². The van der Waals surface area contributed by atoms with Crippen LogP contribution in [-0.4, -0.2) is 12.1 Å². The Balaban J connectivity index is 3.06. The van der Waals surface area contributed by atoms with E-state index in [1.165, 1.54) is 6.07 Å². The lowest BCUT2D eigenvalue weighted by atomic mass is 10.1. The Morgan fingerprint density at radius 3 is 2.39 bits per heavy atom. The van der Waals surface area contributed by atoms with Crippen molar-refractivity contribution in [2.24, 2.45) is 5.73 Å². The highest BCUT2D eigenvalue weighted by Crippen LogP contribution is 2.31. The van der Waals surface area contributed by atoms with Crippen molar-refractivity contribution in [3.63, 3.8) is 0 Å². The van der Waals surface area contributed by atoms with E-state index in [1.807, 2.05) is 0 Å². The fraction of sp³-hybridized carbons (Fsp3) is 0.417. The number of hydrogen-bond donors (Lipinski definition) is 2. The molecule has 0 aromatic heterocycles. The summed E-state index contributed by atoms with van der Waals surface area (Å²) in [5, 5.41) is 11.8. The molecule has 2 unspecified atom stereocenters. The summed E-state index contributed by atoms with van der Waals surface area (Å²) in [6.45, 7) is 3.57. The number of halogens is 3. The number of anilines is 1. The summed E-state index contributed by atoms with van der Waals surface area (Å²) in [7, 11) is 0. The summed E-state index contributed by atoms with van der Waals surface area (Å²) < 4.78 is 37.4. The molecule has 3 nitrogen and oxygen atoms in total. The second kappa shape index (κ2) is 5.27. The van der Waals surface area contributed by atoms with E-state index in [0.717, 1.165) is 12.1 Å². The van der Waals surface area contributed by atoms with Gasteiger partial charge in [-0.05, 0) is 32.0 Å². The Morgan fingerprint density at radius 1 is 1.33 bits per heavy atom. The van der Waals surface area contributed by atoms with E-state index in [1.54, 1.807) is 19.9 Å². The first-order chi connectivity index (χ1) is 8.25. The Hall–Kier alpha value is -1.74. The van der Waals surface area contributed by atoms with Crippen molar-refractivity contribution in [3.05, 3.63) is 29.3 Å². The van der Waals surface area contributed by atoms with Gasteiger partial charge in [-0.3, -0.25) is 0 Å². The second-order valence-electron chi connectivity index (χ2n) is 4.16. The molecule has 1 rings (SSSR count). The number of alkyl halides is 3. The van der Waals surface area contributed by atoms with E-state index in [0.29, 0.717) is 5.69 Å². The van der Waals surface area contributed by atoms with E-state index in [2.05, 4.69) is 5.32 Å². The molecule has 0 saturated carbocycles. The smallest absolute Gasteiger partial charge is 0.380 e. The molecule has 2 atom stereocenters. The van der Waals surface area contributed by atoms with Crippen LogP contribution in [0.1, 0.15) is 25.0 Å². The Kier molecular flexibility index (Phi) is 4.19. The SMILES string of the molecule is CC(N)C(C)Nc1ccc(C(F)(F)F)cc1C#N. The van der Waals surface area contributed by atoms with Gasteiger partial charge in [0.2, 0.25) is 0 Å². The van der Waals surface area contributed by atoms with Crippen molar-refractivity contribution in [1.82, 2.24) is 0 Å². The van der Waals surface area contributed by atoms with Crippen LogP contribution >= 0.6 is 0 Å². The fourth-order valence-corrected chi connectivity index (χ4v) is 1.32. The monoisotopic (exact) mass is 257 g/mol. The van der Waals surface area contributed by atoms with Crippen LogP contribution in [0.5, 0.6) is 0 Å². The number of nitriles is 1. The van der Waals surface area contributed by atoms with Gasteiger partial charge in [-0.1, -0.05) is 0 Å². The third-order valence-electron chi connectivity index (χ3n) is 2.64. The quantitative estimate of drug-likeness (QED) is 0.875. The fourth-order valence-electron chi connectivity index (χ4n) is 1.32. The first kappa shape index (κ1) is 14.3. The molecule has 6 heteroatoms. The zero-order valence-electron chi connectivity index (χ0n) is 10.0. The molecular weight excluding hydrogens is 243 g/mol. The zero-order valence-corrected chi connectivity index (χ0v) is 10.0. The minimum absolute atomic E-state index is 0.0441. The van der Waals surface area contributed by atoms with E-state index in [-0.39, 0.29) is 17.6 Å². The molecule has 0 aliphatic rings. The van der Waals surface area contributed by atoms with E-state index in [9.17, 15) is 13.2 Å². The molecule has 1 aromatic carbocycles. The number of nitrogens with zero attached hydrogens (tertiary/aromatic N) is 1. The van der Waals surface area contributed by atoms with Crippen LogP contribution in [0.2, 0.25) is 0 Å². The molecule has 3 N–H and O–H groups in total. The maximum atomic E-state index is 12.5. The normalized spacial score (nSPS) is 14.7. The van der Waals surface area contributed by atoms with Crippen molar-refractivity contribution < 1.29 is 13.2 Å². The number of hydrogen-bond acceptors (Lipinski definition) is 3. The molecule has 0 saturated heterocycles. The summed E-state index contributed by atoms with van der Waals surface area (Å²) in [5.41, 5.74) is 5.13. The summed E-state index contributed by atoms with van der Waals surface area (Å²) in [6, 6.07) is 4.44. The summed E-state index contributed by atoms with van der Waals surface area (Å²) in [4.78, 5) is 0. The number of benzene rings is 1. The van der Waals surface area contributed by atoms with Crippen LogP contribution in [0, 0.1) is 11.3 Å². The van der Waals surface area contributed by atoms with E-state index in [4.69, 9.17) is 11.0 Å². The molecule has 0 aliphatic carbocycles. The molecule has 0 amide bonds. The predicted octanol–water partition coefficient (Wildman–Crippen LogP) is 2.72. The summed E-state index contributed by atoms with van der Waals surface area (Å²) in [5.74, 6) is 0. The molecule has 18 heavy (non-hydrogen) atoms. The molecular formula is C12H14F3N3. The molecule has 0 fully saturated rings. The highest BCUT2D eigenvalue weighted by Gasteiger charge is 2.31. The lowest BCUT2D eigenvalue weighted by Crippen LogP contribution is -2.35. The molecule has 0 heterocycles. The molecule has 1 aromatic rings. The average Bonchev–Trinajstić information content (AvgIpc) is 2.27. The Labute approximate surface area is 103 Å². The molecule has 0 aliphatic heterocycles. The first-order valence-corrected chi connectivity index (χ1v) is 5.39. The van der Waals surface area contributed by atoms with Crippen LogP contribution in [-0.2, 0) is 6.18 Å². The van der Waals surface area contributed by atoms with Gasteiger partial charge in [0.05, 0.1) is 16.8 Å². The summed E-state index contributed by atoms with van der Waals surface area (Å²) >= 11 is 0. The van der Waals surface area contributed by atoms with Crippen LogP contribution in [0.25, 0.3) is 0 Å². The van der Waals surface area contributed by atoms with Crippen LogP contribution in [0.3, 0.4) is 0 Å². The second-order valence-corrected chi connectivity index (χ2v) is 4.16. The highest BCUT2D eigenvalue weighted by atomic mass is 19.4. The van der Waals surface area contributed by atoms with Gasteiger partial charge in [0, 0.05) is 12.1 Å². The third-order valence-corrected chi connectivity index (χ3v) is 2.64. The largest absolute Gasteiger partial charge is 0.416 e. The van der Waals surface area contributed by atoms with Crippen LogP contribution in [0.4, 0.5) is 18.9 Å². The maximum Gasteiger partial charge on any atom is 0.416 e. The Bertz CT molecular complexity index is 461. The zero-order chi connectivity index (χ0) is 13.9. The molecule has 0 spiro atoms. The van der Waals surface area contributed by atoms with Gasteiger partial charge in [-0.25, -0.2) is 0 Å². The van der Waals surface area contributed by atoms with Gasteiger partial charge in [0.25, 0.3) is 0 Å². The van der Waals surface area contributed by atoms with Crippen molar-refractivity contribution in [1.29, 1.82) is 5.26 Å². The van der Waals surface area contributed by atoms with Gasteiger partial charge in [0.15, 0.2) is 0 Å². The number of nitrogens with one attached hydrogen (secondary N) is 1. The molecule has 0 bridgehead atoms. The number of rotatable bonds is 3. The molecule has 0 radical (unpaired) electrons. The Morgan fingerprint density at radius 2 is 1.94 bits per heavy atom. The van der Waals surface area contributed by atoms with Crippen LogP contribution in [0.15, 0.2) is 18.2 Å². The van der Waals surface area contributed by atoms with Gasteiger partial charge in [-0.2, -0.15) is 18.4 Å². The van der Waals surface area contributed by atoms with E-state index >= 15 is 0 Å². The maximum absolute atomic E-state index is 12.5. The van der Waals surface area contributed by atoms with Gasteiger partial charge in [-0.15, -0.1) is 0 Å². The lowest BCUT2D eigenvalue weighted by molar-refractivity contribution is -0.137. The van der Waals surface area contributed by atoms with Crippen molar-refractivity contribution in [2.45, 2.75) is 32.1 Å². The molecule has 98 valence electrons. The van der Waals surface area contributed by atoms with Crippen molar-refractivity contribution in [2.75, 3.05) is 5.32 Å². The highest BCUT2D eigenvalue weighted by molar-refractivity contribution is 5.59. The topological polar surface area (TPSA) is 61.8 Å². The van der Waals surface area contributed by atoms with Crippen LogP contribution < -0.4 is 11.1 Å². The average molecular weight is 257 g/mol. The number of nitrogens with two attached hydrogens (primary N) is 1. The first-order valence-electron chi connectivity index (χ1n) is 5.39. The standard InChI is InChI=1S/C12H14F3N3/c1-7(17)8(2)18-11-4-3-10(12(13,14)15)5-9(11)6-16/h3-5,7-8,18H,17H2,1-2H3. The predicted molar refractivity (Wildman–Crippen MR) is 62.9 cm³/mol. The van der Waals surface area contributed by atoms with Crippen molar-refractivity contribution in [3.8, 4) is 6.07 Å². The minimum atomic E-state index is -4.45. The summed E-state index contributed by atoms with van der Waals surface area (Å²) in [6.07, 6.45) is -4.45. The van der Waals surface area contributed by atoms with Gasteiger partial charge in [0.1, 0.15) is 6.07 Å². The van der Waals surface area contributed by atoms with Gasteiger partial charge < -0.3 is 11.1 Å². The third kappa shape index (κ3) is 3.37. The van der Waals surface area contributed by atoms with E-state index < -0.39 is 11.7 Å². The van der Waals surface area contributed by atoms with Crippen molar-refractivity contribution >= 4 is 5.69 Å². The minimum Gasteiger partial charge on any atom is -0.380 e.